The number of benzene rings is 1. The predicted molar refractivity (Wildman–Crippen MR) is 66.7 cm³/mol. The highest BCUT2D eigenvalue weighted by Crippen LogP contribution is 2.16. The van der Waals surface area contributed by atoms with Crippen molar-refractivity contribution in [1.82, 2.24) is 4.90 Å². The standard InChI is InChI=1S/C14H19NO2/c1-11-2-4-12(5-3-11)6-7-14(17)15-8-13(9-15)10-16/h2-5,13,16H,6-10H2,1H3. The first kappa shape index (κ1) is 12.1. The monoisotopic (exact) mass is 233 g/mol. The summed E-state index contributed by atoms with van der Waals surface area (Å²) >= 11 is 0. The Bertz CT molecular complexity index is 380. The molecule has 1 aromatic rings. The van der Waals surface area contributed by atoms with Crippen molar-refractivity contribution < 1.29 is 9.90 Å². The van der Waals surface area contributed by atoms with Crippen molar-refractivity contribution in [2.24, 2.45) is 5.92 Å². The molecule has 1 aliphatic rings. The number of aliphatic hydroxyl groups is 1. The number of likely N-dealkylation sites (tertiary alicyclic amines) is 1. The van der Waals surface area contributed by atoms with Gasteiger partial charge in [-0.2, -0.15) is 0 Å². The zero-order valence-electron chi connectivity index (χ0n) is 10.2. The molecule has 3 nitrogen and oxygen atoms in total. The summed E-state index contributed by atoms with van der Waals surface area (Å²) in [6.45, 7) is 3.71. The summed E-state index contributed by atoms with van der Waals surface area (Å²) in [6, 6.07) is 8.31. The van der Waals surface area contributed by atoms with Gasteiger partial charge in [0.25, 0.3) is 0 Å². The molecule has 0 saturated carbocycles. The number of rotatable bonds is 4. The van der Waals surface area contributed by atoms with Gasteiger partial charge in [0, 0.05) is 32.0 Å². The van der Waals surface area contributed by atoms with E-state index in [-0.39, 0.29) is 12.5 Å². The van der Waals surface area contributed by atoms with Gasteiger partial charge in [0.05, 0.1) is 0 Å². The Morgan fingerprint density at radius 3 is 2.59 bits per heavy atom. The lowest BCUT2D eigenvalue weighted by Gasteiger charge is -2.38. The third kappa shape index (κ3) is 3.07. The molecule has 3 heteroatoms. The molecule has 92 valence electrons. The largest absolute Gasteiger partial charge is 0.396 e. The fraction of sp³-hybridized carbons (Fsp3) is 0.500. The second kappa shape index (κ2) is 5.32. The van der Waals surface area contributed by atoms with E-state index in [1.165, 1.54) is 11.1 Å². The van der Waals surface area contributed by atoms with Crippen LogP contribution in [0.3, 0.4) is 0 Å². The van der Waals surface area contributed by atoms with Gasteiger partial charge in [-0.1, -0.05) is 29.8 Å². The molecule has 1 N–H and O–H groups in total. The molecule has 1 aliphatic heterocycles. The fourth-order valence-corrected chi connectivity index (χ4v) is 2.05. The molecule has 1 amide bonds. The molecule has 1 fully saturated rings. The highest BCUT2D eigenvalue weighted by molar-refractivity contribution is 5.77. The molecule has 1 heterocycles. The summed E-state index contributed by atoms with van der Waals surface area (Å²) in [5.74, 6) is 0.508. The maximum absolute atomic E-state index is 11.8. The minimum atomic E-state index is 0.196. The van der Waals surface area contributed by atoms with Gasteiger partial charge < -0.3 is 10.0 Å². The Kier molecular flexibility index (Phi) is 3.79. The van der Waals surface area contributed by atoms with Gasteiger partial charge >= 0.3 is 0 Å². The van der Waals surface area contributed by atoms with E-state index in [4.69, 9.17) is 5.11 Å². The van der Waals surface area contributed by atoms with Gasteiger partial charge in [0.2, 0.25) is 5.91 Å². The van der Waals surface area contributed by atoms with Crippen LogP contribution in [-0.2, 0) is 11.2 Å². The number of aliphatic hydroxyl groups excluding tert-OH is 1. The van der Waals surface area contributed by atoms with Crippen LogP contribution >= 0.6 is 0 Å². The molecule has 17 heavy (non-hydrogen) atoms. The smallest absolute Gasteiger partial charge is 0.222 e. The van der Waals surface area contributed by atoms with Crippen molar-refractivity contribution >= 4 is 5.91 Å². The second-order valence-corrected chi connectivity index (χ2v) is 4.83. The lowest BCUT2D eigenvalue weighted by atomic mass is 10.00. The zero-order chi connectivity index (χ0) is 12.3. The topological polar surface area (TPSA) is 40.5 Å². The normalized spacial score (nSPS) is 15.8. The number of nitrogens with zero attached hydrogens (tertiary/aromatic N) is 1. The second-order valence-electron chi connectivity index (χ2n) is 4.83. The molecule has 0 aromatic heterocycles. The van der Waals surface area contributed by atoms with Gasteiger partial charge in [-0.25, -0.2) is 0 Å². The van der Waals surface area contributed by atoms with E-state index < -0.39 is 0 Å². The predicted octanol–water partition coefficient (Wildman–Crippen LogP) is 1.38. The maximum Gasteiger partial charge on any atom is 0.222 e. The Morgan fingerprint density at radius 1 is 1.35 bits per heavy atom. The van der Waals surface area contributed by atoms with E-state index in [2.05, 4.69) is 31.2 Å². The summed E-state index contributed by atoms with van der Waals surface area (Å²) < 4.78 is 0. The molecule has 0 radical (unpaired) electrons. The third-order valence-corrected chi connectivity index (χ3v) is 3.32. The van der Waals surface area contributed by atoms with Crippen LogP contribution in [0.2, 0.25) is 0 Å². The molecule has 1 aromatic carbocycles. The van der Waals surface area contributed by atoms with Crippen LogP contribution in [0.15, 0.2) is 24.3 Å². The Hall–Kier alpha value is -1.35. The number of hydrogen-bond donors (Lipinski definition) is 1. The van der Waals surface area contributed by atoms with Gasteiger partial charge in [0.1, 0.15) is 0 Å². The highest BCUT2D eigenvalue weighted by atomic mass is 16.3. The molecular weight excluding hydrogens is 214 g/mol. The lowest BCUT2D eigenvalue weighted by molar-refractivity contribution is -0.138. The van der Waals surface area contributed by atoms with Crippen LogP contribution in [0.1, 0.15) is 17.5 Å². The molecule has 1 saturated heterocycles. The number of amides is 1. The van der Waals surface area contributed by atoms with Crippen molar-refractivity contribution in [1.29, 1.82) is 0 Å². The molecule has 0 bridgehead atoms. The first-order chi connectivity index (χ1) is 8.19. The number of hydrogen-bond acceptors (Lipinski definition) is 2. The van der Waals surface area contributed by atoms with Gasteiger partial charge in [-0.3, -0.25) is 4.79 Å². The molecule has 0 atom stereocenters. The molecular formula is C14H19NO2. The van der Waals surface area contributed by atoms with E-state index in [0.29, 0.717) is 12.3 Å². The number of aryl methyl sites for hydroxylation is 2. The van der Waals surface area contributed by atoms with Crippen LogP contribution in [0.5, 0.6) is 0 Å². The van der Waals surface area contributed by atoms with E-state index >= 15 is 0 Å². The Balaban J connectivity index is 1.75. The molecule has 2 rings (SSSR count). The summed E-state index contributed by atoms with van der Waals surface area (Å²) in [7, 11) is 0. The van der Waals surface area contributed by atoms with Gasteiger partial charge in [0.15, 0.2) is 0 Å². The van der Waals surface area contributed by atoms with Crippen LogP contribution in [0.25, 0.3) is 0 Å². The average Bonchev–Trinajstić information content (AvgIpc) is 2.27. The van der Waals surface area contributed by atoms with Crippen molar-refractivity contribution in [3.63, 3.8) is 0 Å². The van der Waals surface area contributed by atoms with E-state index in [0.717, 1.165) is 19.5 Å². The molecule has 0 spiro atoms. The first-order valence-corrected chi connectivity index (χ1v) is 6.13. The number of carbonyl (C=O) groups excluding carboxylic acids is 1. The maximum atomic E-state index is 11.8. The zero-order valence-corrected chi connectivity index (χ0v) is 10.2. The summed E-state index contributed by atoms with van der Waals surface area (Å²) in [5, 5.41) is 8.88. The third-order valence-electron chi connectivity index (χ3n) is 3.32. The number of carbonyl (C=O) groups is 1. The van der Waals surface area contributed by atoms with E-state index in [1.807, 2.05) is 4.90 Å². The van der Waals surface area contributed by atoms with Crippen LogP contribution in [0.4, 0.5) is 0 Å². The van der Waals surface area contributed by atoms with E-state index in [1.54, 1.807) is 0 Å². The van der Waals surface area contributed by atoms with E-state index in [9.17, 15) is 4.79 Å². The Labute approximate surface area is 102 Å². The van der Waals surface area contributed by atoms with Gasteiger partial charge in [-0.05, 0) is 18.9 Å². The highest BCUT2D eigenvalue weighted by Gasteiger charge is 2.29. The van der Waals surface area contributed by atoms with Crippen LogP contribution < -0.4 is 0 Å². The average molecular weight is 233 g/mol. The van der Waals surface area contributed by atoms with Crippen molar-refractivity contribution in [3.8, 4) is 0 Å². The summed E-state index contributed by atoms with van der Waals surface area (Å²) in [4.78, 5) is 13.6. The van der Waals surface area contributed by atoms with Crippen LogP contribution in [-0.4, -0.2) is 35.6 Å². The minimum Gasteiger partial charge on any atom is -0.396 e. The lowest BCUT2D eigenvalue weighted by Crippen LogP contribution is -2.51. The SMILES string of the molecule is Cc1ccc(CCC(=O)N2CC(CO)C2)cc1. The fourth-order valence-electron chi connectivity index (χ4n) is 2.05. The molecule has 0 aliphatic carbocycles. The van der Waals surface area contributed by atoms with Crippen molar-refractivity contribution in [3.05, 3.63) is 35.4 Å². The Morgan fingerprint density at radius 2 is 2.00 bits per heavy atom. The van der Waals surface area contributed by atoms with Crippen molar-refractivity contribution in [2.75, 3.05) is 19.7 Å². The van der Waals surface area contributed by atoms with Crippen molar-refractivity contribution in [2.45, 2.75) is 19.8 Å². The summed E-state index contributed by atoms with van der Waals surface area (Å²) in [6.07, 6.45) is 1.38. The quantitative estimate of drug-likeness (QED) is 0.853. The molecule has 0 unspecified atom stereocenters. The van der Waals surface area contributed by atoms with Gasteiger partial charge in [-0.15, -0.1) is 0 Å². The van der Waals surface area contributed by atoms with Crippen LogP contribution in [0, 0.1) is 12.8 Å². The summed E-state index contributed by atoms with van der Waals surface area (Å²) in [5.41, 5.74) is 2.46. The first-order valence-electron chi connectivity index (χ1n) is 6.13. The minimum absolute atomic E-state index is 0.196.